The Morgan fingerprint density at radius 1 is 1.47 bits per heavy atom. The molecule has 1 amide bonds. The molecule has 1 fully saturated rings. The average Bonchev–Trinajstić information content (AvgIpc) is 2.32. The normalized spacial score (nSPS) is 19.9. The van der Waals surface area contributed by atoms with Crippen LogP contribution in [-0.4, -0.2) is 12.5 Å². The monoisotopic (exact) mass is 230 g/mol. The minimum atomic E-state index is 0.0764. The van der Waals surface area contributed by atoms with Crippen LogP contribution < -0.4 is 10.4 Å². The van der Waals surface area contributed by atoms with Crippen LogP contribution in [0.4, 0.5) is 5.69 Å². The third kappa shape index (κ3) is 2.87. The number of nitrogens with one attached hydrogen (secondary N) is 1. The summed E-state index contributed by atoms with van der Waals surface area (Å²) in [5.41, 5.74) is 5.05. The van der Waals surface area contributed by atoms with Crippen LogP contribution in [0.25, 0.3) is 0 Å². The topological polar surface area (TPSA) is 32.3 Å². The third-order valence-corrected chi connectivity index (χ3v) is 2.98. The number of para-hydroxylation sites is 1. The number of hydrogen-bond acceptors (Lipinski definition) is 2. The summed E-state index contributed by atoms with van der Waals surface area (Å²) in [6.45, 7) is 6.69. The molecule has 1 aliphatic heterocycles. The van der Waals surface area contributed by atoms with Crippen LogP contribution >= 0.6 is 0 Å². The first kappa shape index (κ1) is 11.7. The summed E-state index contributed by atoms with van der Waals surface area (Å²) in [5.74, 6) is 0.176. The van der Waals surface area contributed by atoms with Crippen LogP contribution in [0, 0.1) is 5.92 Å². The van der Waals surface area contributed by atoms with E-state index in [9.17, 15) is 4.79 Å². The molecule has 90 valence electrons. The van der Waals surface area contributed by atoms with Gasteiger partial charge in [0.15, 0.2) is 0 Å². The van der Waals surface area contributed by atoms with Gasteiger partial charge in [-0.05, 0) is 31.9 Å². The first-order valence-electron chi connectivity index (χ1n) is 5.94. The lowest BCUT2D eigenvalue weighted by atomic mass is 9.95. The van der Waals surface area contributed by atoms with Crippen molar-refractivity contribution in [2.24, 2.45) is 5.92 Å². The lowest BCUT2D eigenvalue weighted by Crippen LogP contribution is -2.51. The molecule has 0 aromatic heterocycles. The molecule has 1 aromatic carbocycles. The number of allylic oxidation sites excluding steroid dienone is 1. The molecule has 0 bridgehead atoms. The van der Waals surface area contributed by atoms with E-state index in [2.05, 4.69) is 12.0 Å². The van der Waals surface area contributed by atoms with E-state index < -0.39 is 0 Å². The minimum Gasteiger partial charge on any atom is -0.286 e. The van der Waals surface area contributed by atoms with Crippen LogP contribution in [0.15, 0.2) is 42.5 Å². The molecule has 1 unspecified atom stereocenters. The summed E-state index contributed by atoms with van der Waals surface area (Å²) in [6, 6.07) is 9.92. The van der Waals surface area contributed by atoms with Crippen molar-refractivity contribution in [1.82, 2.24) is 5.43 Å². The Morgan fingerprint density at radius 2 is 2.18 bits per heavy atom. The van der Waals surface area contributed by atoms with E-state index in [0.29, 0.717) is 0 Å². The predicted molar refractivity (Wildman–Crippen MR) is 69.5 cm³/mol. The van der Waals surface area contributed by atoms with Crippen molar-refractivity contribution < 1.29 is 4.79 Å². The zero-order valence-electron chi connectivity index (χ0n) is 10.1. The zero-order chi connectivity index (χ0) is 12.3. The van der Waals surface area contributed by atoms with Crippen molar-refractivity contribution in [3.05, 3.63) is 42.5 Å². The Kier molecular flexibility index (Phi) is 3.47. The van der Waals surface area contributed by atoms with Crippen molar-refractivity contribution in [3.8, 4) is 0 Å². The number of hydrazine groups is 1. The highest BCUT2D eigenvalue weighted by Gasteiger charge is 2.26. The van der Waals surface area contributed by atoms with Crippen LogP contribution in [0.1, 0.15) is 19.8 Å². The molecule has 3 nitrogen and oxygen atoms in total. The van der Waals surface area contributed by atoms with Gasteiger partial charge in [0, 0.05) is 12.5 Å². The molecule has 1 aromatic rings. The fourth-order valence-corrected chi connectivity index (χ4v) is 2.11. The van der Waals surface area contributed by atoms with Crippen LogP contribution in [0.3, 0.4) is 0 Å². The molecule has 17 heavy (non-hydrogen) atoms. The highest BCUT2D eigenvalue weighted by molar-refractivity contribution is 5.81. The second-order valence-corrected chi connectivity index (χ2v) is 4.61. The molecule has 1 atom stereocenters. The summed E-state index contributed by atoms with van der Waals surface area (Å²) in [4.78, 5) is 11.9. The smallest absolute Gasteiger partial charge is 0.241 e. The van der Waals surface area contributed by atoms with Gasteiger partial charge in [0.25, 0.3) is 0 Å². The second-order valence-electron chi connectivity index (χ2n) is 4.61. The number of carbonyl (C=O) groups excluding carboxylic acids is 1. The summed E-state index contributed by atoms with van der Waals surface area (Å²) >= 11 is 0. The highest BCUT2D eigenvalue weighted by atomic mass is 16.2. The minimum absolute atomic E-state index is 0.0764. The number of anilines is 1. The Labute approximate surface area is 102 Å². The van der Waals surface area contributed by atoms with Crippen molar-refractivity contribution >= 4 is 11.6 Å². The molecule has 0 aliphatic carbocycles. The number of benzene rings is 1. The van der Waals surface area contributed by atoms with Gasteiger partial charge in [-0.3, -0.25) is 15.2 Å². The first-order chi connectivity index (χ1) is 8.16. The van der Waals surface area contributed by atoms with Crippen LogP contribution in [-0.2, 0) is 4.79 Å². The van der Waals surface area contributed by atoms with Gasteiger partial charge >= 0.3 is 0 Å². The highest BCUT2D eigenvalue weighted by Crippen LogP contribution is 2.21. The maximum atomic E-state index is 11.9. The van der Waals surface area contributed by atoms with Crippen molar-refractivity contribution in [1.29, 1.82) is 0 Å². The van der Waals surface area contributed by atoms with Crippen LogP contribution in [0.2, 0.25) is 0 Å². The van der Waals surface area contributed by atoms with Gasteiger partial charge in [-0.15, -0.1) is 6.58 Å². The van der Waals surface area contributed by atoms with Gasteiger partial charge in [-0.25, -0.2) is 0 Å². The lowest BCUT2D eigenvalue weighted by Gasteiger charge is -2.33. The third-order valence-electron chi connectivity index (χ3n) is 2.98. The van der Waals surface area contributed by atoms with E-state index in [1.807, 2.05) is 42.3 Å². The molecule has 1 N–H and O–H groups in total. The van der Waals surface area contributed by atoms with Crippen molar-refractivity contribution in [2.75, 3.05) is 11.6 Å². The quantitative estimate of drug-likeness (QED) is 0.809. The van der Waals surface area contributed by atoms with Gasteiger partial charge < -0.3 is 0 Å². The lowest BCUT2D eigenvalue weighted by molar-refractivity contribution is -0.126. The van der Waals surface area contributed by atoms with E-state index in [-0.39, 0.29) is 11.8 Å². The number of amides is 1. The van der Waals surface area contributed by atoms with E-state index >= 15 is 0 Å². The van der Waals surface area contributed by atoms with Gasteiger partial charge in [0.2, 0.25) is 5.91 Å². The second kappa shape index (κ2) is 5.04. The zero-order valence-corrected chi connectivity index (χ0v) is 10.1. The van der Waals surface area contributed by atoms with E-state index in [1.165, 1.54) is 0 Å². The van der Waals surface area contributed by atoms with Crippen LogP contribution in [0.5, 0.6) is 0 Å². The SMILES string of the molecule is C=C(C)CC1CCN(c2ccccc2)NC1=O. The molecule has 1 heterocycles. The van der Waals surface area contributed by atoms with Gasteiger partial charge in [0.1, 0.15) is 0 Å². The fourth-order valence-electron chi connectivity index (χ4n) is 2.11. The van der Waals surface area contributed by atoms with Gasteiger partial charge in [-0.1, -0.05) is 23.8 Å². The Balaban J connectivity index is 2.00. The molecule has 3 heteroatoms. The molecular weight excluding hydrogens is 212 g/mol. The maximum Gasteiger partial charge on any atom is 0.241 e. The standard InChI is InChI=1S/C14H18N2O/c1-11(2)10-12-8-9-16(15-14(12)17)13-6-4-3-5-7-13/h3-7,12H,1,8-10H2,2H3,(H,15,17). The summed E-state index contributed by atoms with van der Waals surface area (Å²) in [7, 11) is 0. The largest absolute Gasteiger partial charge is 0.286 e. The summed E-state index contributed by atoms with van der Waals surface area (Å²) in [6.07, 6.45) is 1.67. The molecule has 0 spiro atoms. The average molecular weight is 230 g/mol. The molecule has 2 rings (SSSR count). The number of hydrogen-bond donors (Lipinski definition) is 1. The van der Waals surface area contributed by atoms with Crippen molar-refractivity contribution in [2.45, 2.75) is 19.8 Å². The van der Waals surface area contributed by atoms with Gasteiger partial charge in [0.05, 0.1) is 5.69 Å². The van der Waals surface area contributed by atoms with E-state index in [0.717, 1.165) is 30.6 Å². The first-order valence-corrected chi connectivity index (χ1v) is 5.94. The number of rotatable bonds is 3. The van der Waals surface area contributed by atoms with Crippen molar-refractivity contribution in [3.63, 3.8) is 0 Å². The Bertz CT molecular complexity index is 413. The fraction of sp³-hybridized carbons (Fsp3) is 0.357. The number of carbonyl (C=O) groups is 1. The summed E-state index contributed by atoms with van der Waals surface area (Å²) in [5, 5.41) is 1.91. The van der Waals surface area contributed by atoms with E-state index in [1.54, 1.807) is 0 Å². The molecule has 0 saturated carbocycles. The predicted octanol–water partition coefficient (Wildman–Crippen LogP) is 2.51. The molecule has 0 radical (unpaired) electrons. The molecular formula is C14H18N2O. The van der Waals surface area contributed by atoms with Gasteiger partial charge in [-0.2, -0.15) is 0 Å². The maximum absolute atomic E-state index is 11.9. The number of nitrogens with zero attached hydrogens (tertiary/aromatic N) is 1. The van der Waals surface area contributed by atoms with E-state index in [4.69, 9.17) is 0 Å². The Hall–Kier alpha value is -1.77. The molecule has 1 aliphatic rings. The summed E-state index contributed by atoms with van der Waals surface area (Å²) < 4.78 is 0. The molecule has 1 saturated heterocycles. The Morgan fingerprint density at radius 3 is 2.76 bits per heavy atom.